The molecular weight excluding hydrogens is 602 g/mol. The minimum Gasteiger partial charge on any atom is -0.390 e. The van der Waals surface area contributed by atoms with Crippen molar-refractivity contribution >= 4 is 27.5 Å². The third-order valence-corrected chi connectivity index (χ3v) is 8.88. The first kappa shape index (κ1) is 34.0. The lowest BCUT2D eigenvalue weighted by Gasteiger charge is -2.30. The number of aliphatic hydroxyl groups is 1. The molecule has 0 bridgehead atoms. The van der Waals surface area contributed by atoms with Crippen LogP contribution in [0.2, 0.25) is 0 Å². The molecule has 2 amide bonds. The van der Waals surface area contributed by atoms with Crippen molar-refractivity contribution in [3.63, 3.8) is 0 Å². The smallest absolute Gasteiger partial charge is 0.253 e. The van der Waals surface area contributed by atoms with Crippen LogP contribution in [0.15, 0.2) is 60.7 Å². The summed E-state index contributed by atoms with van der Waals surface area (Å²) in [6, 6.07) is 13.0. The highest BCUT2D eigenvalue weighted by atomic mass is 32.2. The molecule has 1 aliphatic heterocycles. The predicted molar refractivity (Wildman–Crippen MR) is 170 cm³/mol. The van der Waals surface area contributed by atoms with Gasteiger partial charge in [0, 0.05) is 36.8 Å². The molecule has 3 aromatic rings. The normalized spacial score (nSPS) is 16.6. The van der Waals surface area contributed by atoms with Crippen LogP contribution in [-0.4, -0.2) is 67.8 Å². The van der Waals surface area contributed by atoms with Crippen molar-refractivity contribution in [3.05, 3.63) is 100 Å². The van der Waals surface area contributed by atoms with Crippen LogP contribution in [0.4, 0.5) is 14.5 Å². The van der Waals surface area contributed by atoms with Gasteiger partial charge in [-0.3, -0.25) is 14.3 Å². The number of benzene rings is 3. The summed E-state index contributed by atoms with van der Waals surface area (Å²) in [5.41, 5.74) is 2.58. The van der Waals surface area contributed by atoms with Crippen molar-refractivity contribution in [3.8, 4) is 0 Å². The van der Waals surface area contributed by atoms with E-state index in [1.54, 1.807) is 48.2 Å². The molecule has 4 rings (SSSR count). The van der Waals surface area contributed by atoms with Gasteiger partial charge in [-0.05, 0) is 79.3 Å². The Labute approximate surface area is 263 Å². The zero-order valence-corrected chi connectivity index (χ0v) is 26.5. The zero-order valence-electron chi connectivity index (χ0n) is 25.6. The van der Waals surface area contributed by atoms with E-state index >= 15 is 0 Å². The topological polar surface area (TPSA) is 128 Å². The van der Waals surface area contributed by atoms with E-state index in [0.717, 1.165) is 31.0 Å². The monoisotopic (exact) mass is 642 g/mol. The summed E-state index contributed by atoms with van der Waals surface area (Å²) in [6.07, 6.45) is 0.158. The lowest BCUT2D eigenvalue weighted by atomic mass is 9.98. The molecule has 1 heterocycles. The average molecular weight is 643 g/mol. The van der Waals surface area contributed by atoms with E-state index in [0.29, 0.717) is 35.5 Å². The van der Waals surface area contributed by atoms with Crippen LogP contribution < -0.4 is 15.4 Å². The van der Waals surface area contributed by atoms with E-state index in [2.05, 4.69) is 15.4 Å². The third-order valence-electron chi connectivity index (χ3n) is 7.58. The van der Waals surface area contributed by atoms with Crippen LogP contribution in [0.1, 0.15) is 70.1 Å². The molecule has 45 heavy (non-hydrogen) atoms. The number of rotatable bonds is 13. The fourth-order valence-electron chi connectivity index (χ4n) is 5.58. The first-order valence-electron chi connectivity index (χ1n) is 15.1. The highest BCUT2D eigenvalue weighted by molar-refractivity contribution is 7.92. The quantitative estimate of drug-likeness (QED) is 0.220. The summed E-state index contributed by atoms with van der Waals surface area (Å²) in [5.74, 6) is -2.64. The fourth-order valence-corrected chi connectivity index (χ4v) is 6.92. The van der Waals surface area contributed by atoms with E-state index in [4.69, 9.17) is 0 Å². The summed E-state index contributed by atoms with van der Waals surface area (Å²) in [7, 11) is -3.63. The molecule has 0 aromatic heterocycles. The summed E-state index contributed by atoms with van der Waals surface area (Å²) in [6.45, 7) is 6.76. The number of hydrogen-bond acceptors (Lipinski definition) is 6. The molecule has 12 heteroatoms. The Morgan fingerprint density at radius 1 is 1.00 bits per heavy atom. The van der Waals surface area contributed by atoms with Crippen molar-refractivity contribution in [2.24, 2.45) is 0 Å². The number of aryl methyl sites for hydroxylation is 1. The summed E-state index contributed by atoms with van der Waals surface area (Å²) < 4.78 is 55.5. The predicted octanol–water partition coefficient (Wildman–Crippen LogP) is 4.32. The maximum absolute atomic E-state index is 14.0. The van der Waals surface area contributed by atoms with Gasteiger partial charge in [0.05, 0.1) is 29.6 Å². The number of carbonyl (C=O) groups is 2. The Morgan fingerprint density at radius 2 is 1.64 bits per heavy atom. The summed E-state index contributed by atoms with van der Waals surface area (Å²) in [4.78, 5) is 28.6. The Kier molecular flexibility index (Phi) is 11.3. The fraction of sp³-hybridized carbons (Fsp3) is 0.394. The Bertz CT molecular complexity index is 1610. The van der Waals surface area contributed by atoms with Crippen LogP contribution in [0.3, 0.4) is 0 Å². The van der Waals surface area contributed by atoms with Crippen LogP contribution >= 0.6 is 0 Å². The number of sulfonamides is 1. The van der Waals surface area contributed by atoms with Crippen molar-refractivity contribution in [1.29, 1.82) is 0 Å². The molecule has 4 N–H and O–H groups in total. The molecule has 0 saturated heterocycles. The number of amides is 2. The summed E-state index contributed by atoms with van der Waals surface area (Å²) in [5, 5.41) is 17.2. The largest absolute Gasteiger partial charge is 0.390 e. The van der Waals surface area contributed by atoms with E-state index in [-0.39, 0.29) is 35.8 Å². The number of fused-ring (bicyclic) bond motifs is 1. The number of para-hydroxylation sites is 1. The van der Waals surface area contributed by atoms with Crippen molar-refractivity contribution < 1.29 is 31.9 Å². The molecule has 242 valence electrons. The molecular formula is C33H40F2N4O5S. The molecule has 0 spiro atoms. The highest BCUT2D eigenvalue weighted by Gasteiger charge is 2.31. The number of nitrogens with one attached hydrogen (secondary N) is 3. The number of hydrogen-bond donors (Lipinski definition) is 4. The molecule has 3 atom stereocenters. The first-order chi connectivity index (χ1) is 21.4. The van der Waals surface area contributed by atoms with Gasteiger partial charge in [-0.25, -0.2) is 17.2 Å². The van der Waals surface area contributed by atoms with E-state index < -0.39 is 45.8 Å². The minimum absolute atomic E-state index is 0.122. The second-order valence-corrected chi connectivity index (χ2v) is 13.2. The Hall–Kier alpha value is -3.87. The Morgan fingerprint density at radius 3 is 2.31 bits per heavy atom. The number of halogens is 2. The zero-order chi connectivity index (χ0) is 32.7. The van der Waals surface area contributed by atoms with Crippen molar-refractivity contribution in [2.75, 3.05) is 30.1 Å². The van der Waals surface area contributed by atoms with Crippen molar-refractivity contribution in [2.45, 2.75) is 58.2 Å². The van der Waals surface area contributed by atoms with Crippen LogP contribution in [-0.2, 0) is 16.4 Å². The number of aliphatic hydroxyl groups excluding tert-OH is 1. The van der Waals surface area contributed by atoms with E-state index in [1.807, 2.05) is 13.8 Å². The second-order valence-electron chi connectivity index (χ2n) is 11.4. The van der Waals surface area contributed by atoms with Gasteiger partial charge in [0.15, 0.2) is 0 Å². The maximum atomic E-state index is 14.0. The number of anilines is 1. The molecule has 0 saturated carbocycles. The standard InChI is InChI=1S/C33H40F2N4O5S/c1-4-10-39(11-5-2)33(42)24-13-21(3)12-23(17-24)32(41)37-29(16-22-14-25(34)18-26(35)15-22)31(40)19-36-30-20-45(43,44)38-28-9-7-6-8-27(28)30/h6-9,12-15,17-18,29-31,36,38,40H,4-5,10-11,16,19-20H2,1-3H3,(H,37,41)/t29-,30-,31+/m1/s1. The molecule has 0 radical (unpaired) electrons. The van der Waals surface area contributed by atoms with Crippen LogP contribution in [0.25, 0.3) is 0 Å². The molecule has 0 unspecified atom stereocenters. The second kappa shape index (κ2) is 14.9. The summed E-state index contributed by atoms with van der Waals surface area (Å²) >= 11 is 0. The van der Waals surface area contributed by atoms with E-state index in [1.165, 1.54) is 6.07 Å². The minimum atomic E-state index is -3.63. The molecule has 0 aliphatic carbocycles. The van der Waals surface area contributed by atoms with Crippen LogP contribution in [0.5, 0.6) is 0 Å². The van der Waals surface area contributed by atoms with E-state index in [9.17, 15) is 31.9 Å². The lowest BCUT2D eigenvalue weighted by molar-refractivity contribution is 0.0755. The lowest BCUT2D eigenvalue weighted by Crippen LogP contribution is -2.50. The SMILES string of the molecule is CCCN(CCC)C(=O)c1cc(C)cc(C(=O)N[C@H](Cc2cc(F)cc(F)c2)[C@@H](O)CN[C@@H]2CS(=O)(=O)Nc3ccccc32)c1. The van der Waals surface area contributed by atoms with Gasteiger partial charge in [-0.1, -0.05) is 32.0 Å². The Balaban J connectivity index is 1.58. The maximum Gasteiger partial charge on any atom is 0.253 e. The van der Waals surface area contributed by atoms with Gasteiger partial charge >= 0.3 is 0 Å². The van der Waals surface area contributed by atoms with Gasteiger partial charge in [0.1, 0.15) is 11.6 Å². The molecule has 1 aliphatic rings. The van der Waals surface area contributed by atoms with Gasteiger partial charge in [-0.2, -0.15) is 0 Å². The van der Waals surface area contributed by atoms with Crippen molar-refractivity contribution in [1.82, 2.24) is 15.5 Å². The van der Waals surface area contributed by atoms with Gasteiger partial charge < -0.3 is 20.6 Å². The third kappa shape index (κ3) is 9.09. The highest BCUT2D eigenvalue weighted by Crippen LogP contribution is 2.30. The number of carbonyl (C=O) groups excluding carboxylic acids is 2. The first-order valence-corrected chi connectivity index (χ1v) is 16.7. The molecule has 9 nitrogen and oxygen atoms in total. The van der Waals surface area contributed by atoms with Gasteiger partial charge in [0.25, 0.3) is 11.8 Å². The average Bonchev–Trinajstić information content (AvgIpc) is 2.97. The molecule has 3 aromatic carbocycles. The van der Waals surface area contributed by atoms with Gasteiger partial charge in [-0.15, -0.1) is 0 Å². The van der Waals surface area contributed by atoms with Crippen LogP contribution in [0, 0.1) is 18.6 Å². The molecule has 0 fully saturated rings. The number of nitrogens with zero attached hydrogens (tertiary/aromatic N) is 1. The van der Waals surface area contributed by atoms with Gasteiger partial charge in [0.2, 0.25) is 10.0 Å².